The number of esters is 2. The minimum absolute atomic E-state index is 0.143. The Hall–Kier alpha value is -1.96. The normalized spacial score (nSPS) is 27.5. The lowest BCUT2D eigenvalue weighted by Gasteiger charge is -2.48. The molecule has 0 radical (unpaired) electrons. The van der Waals surface area contributed by atoms with Crippen molar-refractivity contribution in [1.82, 2.24) is 9.80 Å². The standard InChI is InChI=1S/C40H68N2O5/c1-16-17-18-40(34(44)46-31-19-26(2)41(14)38(10,11)24-31,35(45)47-32-20-27(3)42(15)39(12,13)25-32)33(43)28-21-29(36(4,5)6)23-30(22-28)37(7,8)9/h21-23,26-27,31-33,43H,16-20,24-25H2,1-15H3. The van der Waals surface area contributed by atoms with Crippen molar-refractivity contribution in [2.45, 2.75) is 187 Å². The monoisotopic (exact) mass is 657 g/mol. The molecule has 0 bridgehead atoms. The summed E-state index contributed by atoms with van der Waals surface area (Å²) in [5.41, 5.74) is -0.0677. The molecule has 3 rings (SSSR count). The highest BCUT2D eigenvalue weighted by atomic mass is 16.6. The van der Waals surface area contributed by atoms with Gasteiger partial charge in [-0.15, -0.1) is 0 Å². The van der Waals surface area contributed by atoms with Crippen LogP contribution in [0.4, 0.5) is 0 Å². The van der Waals surface area contributed by atoms with Gasteiger partial charge in [-0.2, -0.15) is 0 Å². The number of ether oxygens (including phenoxy) is 2. The van der Waals surface area contributed by atoms with Gasteiger partial charge >= 0.3 is 11.9 Å². The summed E-state index contributed by atoms with van der Waals surface area (Å²) in [5.74, 6) is -1.33. The second-order valence-corrected chi connectivity index (χ2v) is 18.3. The highest BCUT2D eigenvalue weighted by Gasteiger charge is 2.57. The van der Waals surface area contributed by atoms with E-state index in [1.165, 1.54) is 0 Å². The van der Waals surface area contributed by atoms with Gasteiger partial charge in [0, 0.05) is 36.0 Å². The van der Waals surface area contributed by atoms with Crippen LogP contribution in [0.3, 0.4) is 0 Å². The predicted octanol–water partition coefficient (Wildman–Crippen LogP) is 8.10. The Morgan fingerprint density at radius 2 is 1.19 bits per heavy atom. The van der Waals surface area contributed by atoms with Crippen molar-refractivity contribution < 1.29 is 24.2 Å². The van der Waals surface area contributed by atoms with Crippen LogP contribution in [0.2, 0.25) is 0 Å². The smallest absolute Gasteiger partial charge is 0.326 e. The fraction of sp³-hybridized carbons (Fsp3) is 0.800. The van der Waals surface area contributed by atoms with Gasteiger partial charge in [-0.3, -0.25) is 19.4 Å². The number of aliphatic hydroxyl groups excluding tert-OH is 1. The molecule has 2 heterocycles. The van der Waals surface area contributed by atoms with Crippen molar-refractivity contribution in [3.63, 3.8) is 0 Å². The second kappa shape index (κ2) is 14.1. The van der Waals surface area contributed by atoms with Gasteiger partial charge in [-0.1, -0.05) is 79.5 Å². The number of unbranched alkanes of at least 4 members (excludes halogenated alkanes) is 1. The van der Waals surface area contributed by atoms with E-state index in [1.54, 1.807) is 0 Å². The molecule has 2 aliphatic heterocycles. The molecule has 0 aromatic heterocycles. The van der Waals surface area contributed by atoms with Gasteiger partial charge in [-0.25, -0.2) is 0 Å². The molecule has 0 spiro atoms. The molecular weight excluding hydrogens is 588 g/mol. The zero-order valence-corrected chi connectivity index (χ0v) is 32.5. The zero-order valence-electron chi connectivity index (χ0n) is 32.5. The molecular formula is C40H68N2O5. The number of hydrogen-bond donors (Lipinski definition) is 1. The van der Waals surface area contributed by atoms with E-state index in [9.17, 15) is 14.7 Å². The number of nitrogens with zero attached hydrogens (tertiary/aromatic N) is 2. The maximum Gasteiger partial charge on any atom is 0.326 e. The number of piperidine rings is 2. The van der Waals surface area contributed by atoms with E-state index in [2.05, 4.69) is 113 Å². The SMILES string of the molecule is CCCCC(C(=O)OC1CC(C)N(C)C(C)(C)C1)(C(=O)OC1CC(C)N(C)C(C)(C)C1)C(O)c1cc(C(C)(C)C)cc(C(C)(C)C)c1. The summed E-state index contributed by atoms with van der Waals surface area (Å²) in [4.78, 5) is 34.3. The highest BCUT2D eigenvalue weighted by Crippen LogP contribution is 2.46. The molecule has 47 heavy (non-hydrogen) atoms. The van der Waals surface area contributed by atoms with E-state index in [0.29, 0.717) is 37.7 Å². The van der Waals surface area contributed by atoms with Crippen molar-refractivity contribution in [2.75, 3.05) is 14.1 Å². The number of benzene rings is 1. The van der Waals surface area contributed by atoms with Crippen LogP contribution < -0.4 is 0 Å². The third-order valence-corrected chi connectivity index (χ3v) is 11.6. The summed E-state index contributed by atoms with van der Waals surface area (Å²) in [6, 6.07) is 6.52. The molecule has 7 heteroatoms. The van der Waals surface area contributed by atoms with Gasteiger partial charge in [0.05, 0.1) is 0 Å². The van der Waals surface area contributed by atoms with Crippen LogP contribution in [-0.4, -0.2) is 76.3 Å². The third kappa shape index (κ3) is 8.62. The van der Waals surface area contributed by atoms with Crippen molar-refractivity contribution in [1.29, 1.82) is 0 Å². The van der Waals surface area contributed by atoms with Gasteiger partial charge in [-0.05, 0) is 102 Å². The highest BCUT2D eigenvalue weighted by molar-refractivity contribution is 6.01. The Balaban J connectivity index is 2.19. The molecule has 1 aromatic rings. The number of rotatable bonds is 9. The number of carbonyl (C=O) groups is 2. The molecule has 7 nitrogen and oxygen atoms in total. The van der Waals surface area contributed by atoms with Crippen LogP contribution in [0.15, 0.2) is 18.2 Å². The average molecular weight is 657 g/mol. The van der Waals surface area contributed by atoms with Gasteiger partial charge < -0.3 is 14.6 Å². The molecule has 2 aliphatic rings. The maximum atomic E-state index is 14.8. The molecule has 1 N–H and O–H groups in total. The molecule has 0 saturated carbocycles. The van der Waals surface area contributed by atoms with E-state index in [0.717, 1.165) is 17.5 Å². The Bertz CT molecular complexity index is 1170. The first-order valence-electron chi connectivity index (χ1n) is 18.1. The van der Waals surface area contributed by atoms with Crippen LogP contribution in [-0.2, 0) is 29.9 Å². The van der Waals surface area contributed by atoms with Gasteiger partial charge in [0.25, 0.3) is 0 Å². The summed E-state index contributed by atoms with van der Waals surface area (Å²) in [5, 5.41) is 12.6. The van der Waals surface area contributed by atoms with Gasteiger partial charge in [0.1, 0.15) is 18.3 Å². The van der Waals surface area contributed by atoms with Crippen LogP contribution in [0.1, 0.15) is 158 Å². The first-order chi connectivity index (χ1) is 21.4. The topological polar surface area (TPSA) is 79.3 Å². The summed E-state index contributed by atoms with van der Waals surface area (Å²) in [6.07, 6.45) is 1.87. The predicted molar refractivity (Wildman–Crippen MR) is 192 cm³/mol. The van der Waals surface area contributed by atoms with Crippen LogP contribution in [0.25, 0.3) is 0 Å². The van der Waals surface area contributed by atoms with E-state index >= 15 is 0 Å². The summed E-state index contributed by atoms with van der Waals surface area (Å²) in [7, 11) is 4.21. The van der Waals surface area contributed by atoms with E-state index in [-0.39, 0.29) is 52.6 Å². The zero-order chi connectivity index (χ0) is 35.9. The number of carbonyl (C=O) groups excluding carboxylic acids is 2. The van der Waals surface area contributed by atoms with Crippen molar-refractivity contribution >= 4 is 11.9 Å². The molecule has 1 aromatic carbocycles. The van der Waals surface area contributed by atoms with Crippen LogP contribution in [0, 0.1) is 5.41 Å². The summed E-state index contributed by atoms with van der Waals surface area (Å²) in [6.45, 7) is 27.8. The molecule has 5 unspecified atom stereocenters. The molecule has 5 atom stereocenters. The molecule has 2 saturated heterocycles. The molecule has 0 aliphatic carbocycles. The quantitative estimate of drug-likeness (QED) is 0.213. The Kier molecular flexibility index (Phi) is 11.9. The van der Waals surface area contributed by atoms with Crippen molar-refractivity contribution in [2.24, 2.45) is 5.41 Å². The van der Waals surface area contributed by atoms with Crippen molar-refractivity contribution in [3.8, 4) is 0 Å². The van der Waals surface area contributed by atoms with Crippen LogP contribution >= 0.6 is 0 Å². The third-order valence-electron chi connectivity index (χ3n) is 11.6. The first-order valence-corrected chi connectivity index (χ1v) is 18.1. The number of likely N-dealkylation sites (tertiary alicyclic amines) is 2. The van der Waals surface area contributed by atoms with E-state index in [4.69, 9.17) is 9.47 Å². The summed E-state index contributed by atoms with van der Waals surface area (Å²) < 4.78 is 12.8. The Morgan fingerprint density at radius 3 is 1.51 bits per heavy atom. The van der Waals surface area contributed by atoms with E-state index in [1.807, 2.05) is 19.1 Å². The average Bonchev–Trinajstić information content (AvgIpc) is 2.93. The maximum absolute atomic E-state index is 14.8. The fourth-order valence-corrected chi connectivity index (χ4v) is 7.60. The fourth-order valence-electron chi connectivity index (χ4n) is 7.60. The lowest BCUT2D eigenvalue weighted by molar-refractivity contribution is -0.195. The van der Waals surface area contributed by atoms with Crippen molar-refractivity contribution in [3.05, 3.63) is 34.9 Å². The minimum Gasteiger partial charge on any atom is -0.461 e. The lowest BCUT2D eigenvalue weighted by Crippen LogP contribution is -2.57. The largest absolute Gasteiger partial charge is 0.461 e. The van der Waals surface area contributed by atoms with E-state index < -0.39 is 23.5 Å². The minimum atomic E-state index is -1.91. The first kappa shape index (κ1) is 39.5. The molecule has 268 valence electrons. The number of hydrogen-bond acceptors (Lipinski definition) is 7. The Morgan fingerprint density at radius 1 is 0.809 bits per heavy atom. The summed E-state index contributed by atoms with van der Waals surface area (Å²) >= 11 is 0. The lowest BCUT2D eigenvalue weighted by atomic mass is 9.72. The number of aliphatic hydroxyl groups is 1. The molecule has 2 fully saturated rings. The van der Waals surface area contributed by atoms with Gasteiger partial charge in [0.15, 0.2) is 5.41 Å². The molecule has 0 amide bonds. The van der Waals surface area contributed by atoms with Crippen LogP contribution in [0.5, 0.6) is 0 Å². The van der Waals surface area contributed by atoms with Gasteiger partial charge in [0.2, 0.25) is 0 Å². The second-order valence-electron chi connectivity index (χ2n) is 18.3. The Labute approximate surface area is 287 Å².